The number of nitrogens with two attached hydrogens (primary N) is 1. The summed E-state index contributed by atoms with van der Waals surface area (Å²) in [6, 6.07) is 7.73. The maximum absolute atomic E-state index is 5.76. The molecule has 2 rings (SSSR count). The van der Waals surface area contributed by atoms with Gasteiger partial charge in [0.05, 0.1) is 10.5 Å². The Morgan fingerprint density at radius 2 is 2.31 bits per heavy atom. The summed E-state index contributed by atoms with van der Waals surface area (Å²) in [6.07, 6.45) is 0. The molecule has 1 atom stereocenters. The number of furan rings is 1. The molecule has 0 saturated heterocycles. The Kier molecular flexibility index (Phi) is 3.14. The van der Waals surface area contributed by atoms with E-state index in [9.17, 15) is 0 Å². The molecule has 3 nitrogen and oxygen atoms in total. The predicted octanol–water partition coefficient (Wildman–Crippen LogP) is 3.28. The smallest absolute Gasteiger partial charge is 0.148 e. The molecular formula is C12H13BrN2O. The van der Waals surface area contributed by atoms with Gasteiger partial charge in [0, 0.05) is 5.39 Å². The van der Waals surface area contributed by atoms with E-state index in [1.807, 2.05) is 31.2 Å². The van der Waals surface area contributed by atoms with Crippen molar-refractivity contribution in [1.82, 2.24) is 5.43 Å². The number of benzene rings is 1. The molecule has 84 valence electrons. The van der Waals surface area contributed by atoms with Crippen LogP contribution in [0.25, 0.3) is 11.0 Å². The van der Waals surface area contributed by atoms with E-state index in [2.05, 4.69) is 27.9 Å². The molecule has 0 aliphatic rings. The van der Waals surface area contributed by atoms with Gasteiger partial charge in [-0.1, -0.05) is 24.3 Å². The van der Waals surface area contributed by atoms with E-state index in [1.54, 1.807) is 0 Å². The van der Waals surface area contributed by atoms with Crippen molar-refractivity contribution in [2.75, 3.05) is 0 Å². The largest absolute Gasteiger partial charge is 0.458 e. The van der Waals surface area contributed by atoms with Gasteiger partial charge in [-0.25, -0.2) is 5.43 Å². The summed E-state index contributed by atoms with van der Waals surface area (Å²) in [4.78, 5) is 0. The first-order chi connectivity index (χ1) is 7.63. The summed E-state index contributed by atoms with van der Waals surface area (Å²) in [7, 11) is 0. The molecule has 0 radical (unpaired) electrons. The van der Waals surface area contributed by atoms with Crippen molar-refractivity contribution >= 4 is 26.9 Å². The zero-order chi connectivity index (χ0) is 11.7. The summed E-state index contributed by atoms with van der Waals surface area (Å²) in [5.74, 6) is 6.26. The van der Waals surface area contributed by atoms with Crippen LogP contribution in [0, 0.1) is 0 Å². The van der Waals surface area contributed by atoms with Gasteiger partial charge in [-0.2, -0.15) is 0 Å². The first kappa shape index (κ1) is 11.4. The monoisotopic (exact) mass is 280 g/mol. The van der Waals surface area contributed by atoms with Crippen LogP contribution in [-0.4, -0.2) is 0 Å². The first-order valence-electron chi connectivity index (χ1n) is 4.93. The summed E-state index contributed by atoms with van der Waals surface area (Å²) >= 11 is 3.45. The SMILES string of the molecule is C=C(C)C(NN)c1cc2cccc(Br)c2o1. The number of fused-ring (bicyclic) bond motifs is 1. The lowest BCUT2D eigenvalue weighted by Crippen LogP contribution is -2.28. The Morgan fingerprint density at radius 1 is 1.56 bits per heavy atom. The summed E-state index contributed by atoms with van der Waals surface area (Å²) < 4.78 is 6.70. The van der Waals surface area contributed by atoms with Crippen molar-refractivity contribution < 1.29 is 4.42 Å². The molecule has 16 heavy (non-hydrogen) atoms. The second-order valence-corrected chi connectivity index (χ2v) is 4.61. The van der Waals surface area contributed by atoms with Gasteiger partial charge in [-0.05, 0) is 35.0 Å². The van der Waals surface area contributed by atoms with E-state index in [0.29, 0.717) is 0 Å². The van der Waals surface area contributed by atoms with Crippen LogP contribution in [0.1, 0.15) is 18.7 Å². The van der Waals surface area contributed by atoms with Crippen LogP contribution >= 0.6 is 15.9 Å². The van der Waals surface area contributed by atoms with Crippen LogP contribution in [0.4, 0.5) is 0 Å². The van der Waals surface area contributed by atoms with Crippen molar-refractivity contribution in [3.63, 3.8) is 0 Å². The highest BCUT2D eigenvalue weighted by Crippen LogP contribution is 2.31. The molecule has 0 aliphatic heterocycles. The highest BCUT2D eigenvalue weighted by molar-refractivity contribution is 9.10. The molecular weight excluding hydrogens is 268 g/mol. The molecule has 3 N–H and O–H groups in total. The Labute approximate surface area is 102 Å². The fraction of sp³-hybridized carbons (Fsp3) is 0.167. The third-order valence-corrected chi connectivity index (χ3v) is 3.08. The number of rotatable bonds is 3. The van der Waals surface area contributed by atoms with Gasteiger partial charge in [0.1, 0.15) is 11.3 Å². The van der Waals surface area contributed by atoms with Crippen molar-refractivity contribution in [3.8, 4) is 0 Å². The maximum Gasteiger partial charge on any atom is 0.148 e. The van der Waals surface area contributed by atoms with Gasteiger partial charge >= 0.3 is 0 Å². The van der Waals surface area contributed by atoms with E-state index >= 15 is 0 Å². The maximum atomic E-state index is 5.76. The number of hydrogen-bond acceptors (Lipinski definition) is 3. The Morgan fingerprint density at radius 3 is 2.88 bits per heavy atom. The predicted molar refractivity (Wildman–Crippen MR) is 68.8 cm³/mol. The van der Waals surface area contributed by atoms with Gasteiger partial charge in [-0.15, -0.1) is 0 Å². The van der Waals surface area contributed by atoms with Gasteiger partial charge in [0.2, 0.25) is 0 Å². The number of hydrogen-bond donors (Lipinski definition) is 2. The standard InChI is InChI=1S/C12H13BrN2O/c1-7(2)11(15-14)10-6-8-4-3-5-9(13)12(8)16-10/h3-6,11,15H,1,14H2,2H3. The number of halogens is 1. The highest BCUT2D eigenvalue weighted by Gasteiger charge is 2.16. The van der Waals surface area contributed by atoms with Crippen LogP contribution in [-0.2, 0) is 0 Å². The number of para-hydroxylation sites is 1. The molecule has 0 bridgehead atoms. The highest BCUT2D eigenvalue weighted by atomic mass is 79.9. The van der Waals surface area contributed by atoms with Gasteiger partial charge in [0.25, 0.3) is 0 Å². The Balaban J connectivity index is 2.54. The zero-order valence-electron chi connectivity index (χ0n) is 8.96. The van der Waals surface area contributed by atoms with E-state index in [-0.39, 0.29) is 6.04 Å². The molecule has 2 aromatic rings. The van der Waals surface area contributed by atoms with Crippen LogP contribution in [0.15, 0.2) is 45.3 Å². The zero-order valence-corrected chi connectivity index (χ0v) is 10.5. The second kappa shape index (κ2) is 4.41. The minimum Gasteiger partial charge on any atom is -0.458 e. The molecule has 0 fully saturated rings. The minimum atomic E-state index is -0.153. The third-order valence-electron chi connectivity index (χ3n) is 2.46. The van der Waals surface area contributed by atoms with E-state index in [4.69, 9.17) is 10.3 Å². The summed E-state index contributed by atoms with van der Waals surface area (Å²) in [6.45, 7) is 5.79. The van der Waals surface area contributed by atoms with Crippen molar-refractivity contribution in [2.45, 2.75) is 13.0 Å². The van der Waals surface area contributed by atoms with E-state index in [1.165, 1.54) is 0 Å². The average molecular weight is 281 g/mol. The molecule has 0 saturated carbocycles. The first-order valence-corrected chi connectivity index (χ1v) is 5.72. The van der Waals surface area contributed by atoms with Crippen LogP contribution in [0.3, 0.4) is 0 Å². The lowest BCUT2D eigenvalue weighted by molar-refractivity contribution is 0.472. The molecule has 0 amide bonds. The number of hydrazine groups is 1. The van der Waals surface area contributed by atoms with Crippen molar-refractivity contribution in [2.24, 2.45) is 5.84 Å². The van der Waals surface area contributed by atoms with Crippen LogP contribution in [0.5, 0.6) is 0 Å². The van der Waals surface area contributed by atoms with E-state index < -0.39 is 0 Å². The molecule has 0 aliphatic carbocycles. The van der Waals surface area contributed by atoms with Crippen LogP contribution in [0.2, 0.25) is 0 Å². The molecule has 1 heterocycles. The molecule has 0 spiro atoms. The normalized spacial score (nSPS) is 12.9. The fourth-order valence-corrected chi connectivity index (χ4v) is 2.12. The fourth-order valence-electron chi connectivity index (χ4n) is 1.66. The Hall–Kier alpha value is -1.10. The lowest BCUT2D eigenvalue weighted by atomic mass is 10.1. The Bertz CT molecular complexity index is 533. The molecule has 1 aromatic carbocycles. The van der Waals surface area contributed by atoms with Crippen molar-refractivity contribution in [1.29, 1.82) is 0 Å². The second-order valence-electron chi connectivity index (χ2n) is 3.75. The van der Waals surface area contributed by atoms with Gasteiger partial charge in [-0.3, -0.25) is 5.84 Å². The minimum absolute atomic E-state index is 0.153. The van der Waals surface area contributed by atoms with Gasteiger partial charge in [0.15, 0.2) is 0 Å². The average Bonchev–Trinajstić information content (AvgIpc) is 2.63. The number of nitrogens with one attached hydrogen (secondary N) is 1. The molecule has 4 heteroatoms. The topological polar surface area (TPSA) is 51.2 Å². The van der Waals surface area contributed by atoms with Crippen molar-refractivity contribution in [3.05, 3.63) is 46.7 Å². The van der Waals surface area contributed by atoms with Crippen LogP contribution < -0.4 is 11.3 Å². The lowest BCUT2D eigenvalue weighted by Gasteiger charge is -2.12. The summed E-state index contributed by atoms with van der Waals surface area (Å²) in [5, 5.41) is 1.05. The quantitative estimate of drug-likeness (QED) is 0.515. The van der Waals surface area contributed by atoms with Gasteiger partial charge < -0.3 is 4.42 Å². The van der Waals surface area contributed by atoms with E-state index in [0.717, 1.165) is 26.8 Å². The molecule has 1 unspecified atom stereocenters. The third kappa shape index (κ3) is 1.91. The molecule has 1 aromatic heterocycles. The summed E-state index contributed by atoms with van der Waals surface area (Å²) in [5.41, 5.74) is 4.44.